The van der Waals surface area contributed by atoms with E-state index in [4.69, 9.17) is 10.2 Å². The highest BCUT2D eigenvalue weighted by molar-refractivity contribution is 6.00. The van der Waals surface area contributed by atoms with Crippen molar-refractivity contribution in [3.8, 4) is 0 Å². The van der Waals surface area contributed by atoms with Crippen LogP contribution in [0, 0.1) is 5.82 Å². The molecule has 0 saturated carbocycles. The molecule has 1 rings (SSSR count). The number of amides is 2. The number of nitrogens with zero attached hydrogens (tertiary/aromatic N) is 1. The summed E-state index contributed by atoms with van der Waals surface area (Å²) < 4.78 is 13.2. The van der Waals surface area contributed by atoms with Gasteiger partial charge in [0.05, 0.1) is 11.3 Å². The van der Waals surface area contributed by atoms with E-state index < -0.39 is 17.8 Å². The smallest absolute Gasteiger partial charge is 0.337 e. The molecule has 1 aromatic carbocycles. The predicted molar refractivity (Wildman–Crippen MR) is 71.3 cm³/mol. The van der Waals surface area contributed by atoms with E-state index in [1.807, 2.05) is 0 Å². The Morgan fingerprint density at radius 2 is 2.10 bits per heavy atom. The molecule has 0 atom stereocenters. The van der Waals surface area contributed by atoms with Gasteiger partial charge in [0, 0.05) is 19.7 Å². The summed E-state index contributed by atoms with van der Waals surface area (Å²) in [4.78, 5) is 24.4. The molecule has 0 bridgehead atoms. The first-order valence-electron chi connectivity index (χ1n) is 6.19. The van der Waals surface area contributed by atoms with Gasteiger partial charge in [-0.3, -0.25) is 0 Å². The fourth-order valence-corrected chi connectivity index (χ4v) is 1.67. The third-order valence-corrected chi connectivity index (χ3v) is 2.71. The molecule has 0 radical (unpaired) electrons. The number of nitrogens with one attached hydrogen (secondary N) is 1. The van der Waals surface area contributed by atoms with Gasteiger partial charge >= 0.3 is 12.0 Å². The van der Waals surface area contributed by atoms with Crippen molar-refractivity contribution in [3.63, 3.8) is 0 Å². The monoisotopic (exact) mass is 284 g/mol. The van der Waals surface area contributed by atoms with Gasteiger partial charge in [-0.25, -0.2) is 14.0 Å². The number of carboxylic acids is 1. The summed E-state index contributed by atoms with van der Waals surface area (Å²) in [6, 6.07) is 2.54. The van der Waals surface area contributed by atoms with Crippen LogP contribution in [0.5, 0.6) is 0 Å². The van der Waals surface area contributed by atoms with Crippen LogP contribution in [0.2, 0.25) is 0 Å². The third kappa shape index (κ3) is 4.20. The highest BCUT2D eigenvalue weighted by Crippen LogP contribution is 2.18. The maximum atomic E-state index is 13.2. The Hall–Kier alpha value is -2.15. The number of rotatable bonds is 6. The summed E-state index contributed by atoms with van der Waals surface area (Å²) in [5.41, 5.74) is -0.275. The molecule has 0 heterocycles. The molecule has 0 spiro atoms. The first-order chi connectivity index (χ1) is 9.49. The number of aliphatic hydroxyl groups is 1. The lowest BCUT2D eigenvalue weighted by Crippen LogP contribution is -2.36. The van der Waals surface area contributed by atoms with Crippen LogP contribution in [0.1, 0.15) is 23.7 Å². The maximum absolute atomic E-state index is 13.2. The zero-order valence-corrected chi connectivity index (χ0v) is 11.1. The number of aromatic carboxylic acids is 1. The zero-order chi connectivity index (χ0) is 15.1. The molecular formula is C13H17FN2O4. The first kappa shape index (κ1) is 15.9. The van der Waals surface area contributed by atoms with Crippen molar-refractivity contribution in [2.75, 3.05) is 25.0 Å². The van der Waals surface area contributed by atoms with E-state index >= 15 is 0 Å². The molecule has 0 aliphatic carbocycles. The van der Waals surface area contributed by atoms with Gasteiger partial charge in [0.25, 0.3) is 0 Å². The number of benzene rings is 1. The second kappa shape index (κ2) is 7.44. The highest BCUT2D eigenvalue weighted by atomic mass is 19.1. The van der Waals surface area contributed by atoms with Crippen LogP contribution in [0.4, 0.5) is 14.9 Å². The van der Waals surface area contributed by atoms with Crippen LogP contribution in [0.3, 0.4) is 0 Å². The van der Waals surface area contributed by atoms with E-state index in [9.17, 15) is 14.0 Å². The Balaban J connectivity index is 2.88. The normalized spacial score (nSPS) is 10.2. The number of hydrogen-bond donors (Lipinski definition) is 3. The van der Waals surface area contributed by atoms with E-state index in [1.54, 1.807) is 6.92 Å². The Kier molecular flexibility index (Phi) is 5.92. The molecule has 6 nitrogen and oxygen atoms in total. The predicted octanol–water partition coefficient (Wildman–Crippen LogP) is 1.76. The molecule has 20 heavy (non-hydrogen) atoms. The van der Waals surface area contributed by atoms with Crippen LogP contribution in [0.25, 0.3) is 0 Å². The maximum Gasteiger partial charge on any atom is 0.337 e. The Labute approximate surface area is 115 Å². The minimum absolute atomic E-state index is 0.0515. The van der Waals surface area contributed by atoms with Gasteiger partial charge in [0.1, 0.15) is 5.82 Å². The number of anilines is 1. The van der Waals surface area contributed by atoms with Gasteiger partial charge < -0.3 is 20.4 Å². The number of hydrogen-bond acceptors (Lipinski definition) is 3. The summed E-state index contributed by atoms with van der Waals surface area (Å²) in [5.74, 6) is -1.89. The molecule has 2 amide bonds. The van der Waals surface area contributed by atoms with Gasteiger partial charge in [-0.1, -0.05) is 0 Å². The van der Waals surface area contributed by atoms with Crippen molar-refractivity contribution in [1.29, 1.82) is 0 Å². The molecule has 0 saturated heterocycles. The summed E-state index contributed by atoms with van der Waals surface area (Å²) in [6.45, 7) is 2.42. The number of urea groups is 1. The second-order valence-electron chi connectivity index (χ2n) is 4.08. The summed E-state index contributed by atoms with van der Waals surface area (Å²) in [5, 5.41) is 20.1. The van der Waals surface area contributed by atoms with E-state index in [0.29, 0.717) is 19.5 Å². The van der Waals surface area contributed by atoms with Crippen molar-refractivity contribution >= 4 is 17.7 Å². The molecule has 0 aliphatic heterocycles. The number of carbonyl (C=O) groups excluding carboxylic acids is 1. The van der Waals surface area contributed by atoms with Crippen molar-refractivity contribution in [2.24, 2.45) is 0 Å². The Bertz CT molecular complexity index is 493. The van der Waals surface area contributed by atoms with Crippen LogP contribution < -0.4 is 5.32 Å². The minimum atomic E-state index is -1.25. The average molecular weight is 284 g/mol. The van der Waals surface area contributed by atoms with E-state index in [1.165, 1.54) is 4.90 Å². The summed E-state index contributed by atoms with van der Waals surface area (Å²) >= 11 is 0. The molecule has 0 fully saturated rings. The second-order valence-corrected chi connectivity index (χ2v) is 4.08. The van der Waals surface area contributed by atoms with Crippen molar-refractivity contribution in [3.05, 3.63) is 29.6 Å². The van der Waals surface area contributed by atoms with E-state index in [2.05, 4.69) is 5.32 Å². The molecule has 3 N–H and O–H groups in total. The quantitative estimate of drug-likeness (QED) is 0.742. The lowest BCUT2D eigenvalue weighted by molar-refractivity contribution is 0.0698. The van der Waals surface area contributed by atoms with Gasteiger partial charge in [0.15, 0.2) is 0 Å². The standard InChI is InChI=1S/C13H17FN2O4/c1-2-16(6-3-7-17)13(20)15-11-8-9(14)4-5-10(11)12(18)19/h4-5,8,17H,2-3,6-7H2,1H3,(H,15,20)(H,18,19). The fraction of sp³-hybridized carbons (Fsp3) is 0.385. The minimum Gasteiger partial charge on any atom is -0.478 e. The third-order valence-electron chi connectivity index (χ3n) is 2.71. The van der Waals surface area contributed by atoms with Crippen LogP contribution in [-0.4, -0.2) is 46.8 Å². The van der Waals surface area contributed by atoms with E-state index in [0.717, 1.165) is 18.2 Å². The van der Waals surface area contributed by atoms with Crippen molar-refractivity contribution < 1.29 is 24.2 Å². The summed E-state index contributed by atoms with van der Waals surface area (Å²) in [7, 11) is 0. The zero-order valence-electron chi connectivity index (χ0n) is 11.1. The fourth-order valence-electron chi connectivity index (χ4n) is 1.67. The van der Waals surface area contributed by atoms with Gasteiger partial charge in [-0.05, 0) is 31.5 Å². The van der Waals surface area contributed by atoms with Crippen LogP contribution in [0.15, 0.2) is 18.2 Å². The highest BCUT2D eigenvalue weighted by Gasteiger charge is 2.16. The molecule has 7 heteroatoms. The topological polar surface area (TPSA) is 89.9 Å². The lowest BCUT2D eigenvalue weighted by Gasteiger charge is -2.21. The van der Waals surface area contributed by atoms with Gasteiger partial charge in [-0.2, -0.15) is 0 Å². The molecule has 1 aromatic rings. The molecule has 0 unspecified atom stereocenters. The molecule has 0 aliphatic rings. The Morgan fingerprint density at radius 3 is 2.65 bits per heavy atom. The van der Waals surface area contributed by atoms with Crippen LogP contribution >= 0.6 is 0 Å². The summed E-state index contributed by atoms with van der Waals surface area (Å²) in [6.07, 6.45) is 0.413. The van der Waals surface area contributed by atoms with Gasteiger partial charge in [-0.15, -0.1) is 0 Å². The van der Waals surface area contributed by atoms with Gasteiger partial charge in [0.2, 0.25) is 0 Å². The lowest BCUT2D eigenvalue weighted by atomic mass is 10.1. The molecule has 0 aromatic heterocycles. The number of aliphatic hydroxyl groups excluding tert-OH is 1. The number of carbonyl (C=O) groups is 2. The number of halogens is 1. The van der Waals surface area contributed by atoms with Crippen LogP contribution in [-0.2, 0) is 0 Å². The molecule has 110 valence electrons. The largest absolute Gasteiger partial charge is 0.478 e. The van der Waals surface area contributed by atoms with Crippen molar-refractivity contribution in [2.45, 2.75) is 13.3 Å². The van der Waals surface area contributed by atoms with E-state index in [-0.39, 0.29) is 17.9 Å². The Morgan fingerprint density at radius 1 is 1.40 bits per heavy atom. The first-order valence-corrected chi connectivity index (χ1v) is 6.19. The van der Waals surface area contributed by atoms with Crippen molar-refractivity contribution in [1.82, 2.24) is 4.90 Å². The SMILES string of the molecule is CCN(CCCO)C(=O)Nc1cc(F)ccc1C(=O)O. The number of carboxylic acid groups (broad SMARTS) is 1. The molecular weight excluding hydrogens is 267 g/mol. The average Bonchev–Trinajstić information content (AvgIpc) is 2.39.